The van der Waals surface area contributed by atoms with Crippen molar-refractivity contribution in [1.82, 2.24) is 14.1 Å². The van der Waals surface area contributed by atoms with E-state index in [0.29, 0.717) is 42.8 Å². The van der Waals surface area contributed by atoms with E-state index in [1.54, 1.807) is 17.0 Å². The molecule has 9 nitrogen and oxygen atoms in total. The van der Waals surface area contributed by atoms with E-state index in [2.05, 4.69) is 15.9 Å². The van der Waals surface area contributed by atoms with Gasteiger partial charge in [0, 0.05) is 56.5 Å². The number of benzene rings is 1. The van der Waals surface area contributed by atoms with Crippen molar-refractivity contribution in [1.29, 1.82) is 0 Å². The molecule has 2 aliphatic rings. The van der Waals surface area contributed by atoms with Gasteiger partial charge in [-0.05, 0) is 47.0 Å². The molecule has 0 aromatic heterocycles. The normalized spacial score (nSPS) is 20.2. The molecule has 1 saturated heterocycles. The van der Waals surface area contributed by atoms with Crippen molar-refractivity contribution in [2.24, 2.45) is 0 Å². The van der Waals surface area contributed by atoms with Crippen LogP contribution in [-0.2, 0) is 21.2 Å². The molecule has 2 heterocycles. The van der Waals surface area contributed by atoms with Gasteiger partial charge in [-0.3, -0.25) is 9.69 Å². The van der Waals surface area contributed by atoms with E-state index < -0.39 is 16.1 Å². The van der Waals surface area contributed by atoms with E-state index in [0.717, 1.165) is 9.87 Å². The number of anilines is 1. The molecule has 1 fully saturated rings. The zero-order chi connectivity index (χ0) is 21.5. The summed E-state index contributed by atoms with van der Waals surface area (Å²) in [4.78, 5) is 29.2. The van der Waals surface area contributed by atoms with Crippen LogP contribution in [0.25, 0.3) is 0 Å². The van der Waals surface area contributed by atoms with Crippen LogP contribution in [0, 0.1) is 0 Å². The van der Waals surface area contributed by atoms with Gasteiger partial charge in [0.25, 0.3) is 0 Å². The highest BCUT2D eigenvalue weighted by atomic mass is 79.9. The van der Waals surface area contributed by atoms with E-state index >= 15 is 0 Å². The van der Waals surface area contributed by atoms with Crippen LogP contribution >= 0.6 is 15.9 Å². The first kappa shape index (κ1) is 22.0. The van der Waals surface area contributed by atoms with E-state index in [4.69, 9.17) is 0 Å². The number of rotatable bonds is 4. The molecule has 0 bridgehead atoms. The summed E-state index contributed by atoms with van der Waals surface area (Å²) in [5.74, 6) is -0.116. The number of hydrogen-bond donors (Lipinski definition) is 1. The van der Waals surface area contributed by atoms with Crippen molar-refractivity contribution in [3.8, 4) is 0 Å². The van der Waals surface area contributed by atoms with Gasteiger partial charge in [-0.2, -0.15) is 0 Å². The number of sulfonamides is 1. The summed E-state index contributed by atoms with van der Waals surface area (Å²) in [6, 6.07) is 3.14. The predicted octanol–water partition coefficient (Wildman–Crippen LogP) is 1.27. The fourth-order valence-corrected chi connectivity index (χ4v) is 5.74. The maximum Gasteiger partial charge on any atom is 0.407 e. The van der Waals surface area contributed by atoms with Crippen LogP contribution < -0.4 is 4.90 Å². The highest BCUT2D eigenvalue weighted by Crippen LogP contribution is 2.36. The summed E-state index contributed by atoms with van der Waals surface area (Å²) < 4.78 is 26.8. The lowest BCUT2D eigenvalue weighted by Gasteiger charge is -2.38. The monoisotopic (exact) mass is 488 g/mol. The summed E-state index contributed by atoms with van der Waals surface area (Å²) >= 11 is 3.34. The third-order valence-corrected chi connectivity index (χ3v) is 8.18. The minimum Gasteiger partial charge on any atom is -0.465 e. The Balaban J connectivity index is 1.78. The van der Waals surface area contributed by atoms with Gasteiger partial charge in [-0.25, -0.2) is 17.5 Å². The molecule has 0 spiro atoms. The fourth-order valence-electron chi connectivity index (χ4n) is 3.78. The summed E-state index contributed by atoms with van der Waals surface area (Å²) in [5.41, 5.74) is 1.54. The van der Waals surface area contributed by atoms with E-state index in [9.17, 15) is 23.1 Å². The summed E-state index contributed by atoms with van der Waals surface area (Å²) in [5, 5.41) is 9.19. The highest BCUT2D eigenvalue weighted by molar-refractivity contribution is 9.10. The van der Waals surface area contributed by atoms with Gasteiger partial charge in [0.1, 0.15) is 0 Å². The van der Waals surface area contributed by atoms with Crippen molar-refractivity contribution in [2.45, 2.75) is 24.3 Å². The van der Waals surface area contributed by atoms with Gasteiger partial charge < -0.3 is 14.9 Å². The number of hydrogen-bond acceptors (Lipinski definition) is 5. The molecule has 1 aromatic rings. The van der Waals surface area contributed by atoms with Gasteiger partial charge in [-0.15, -0.1) is 0 Å². The van der Waals surface area contributed by atoms with E-state index in [1.807, 2.05) is 11.8 Å². The topological polar surface area (TPSA) is 101 Å². The van der Waals surface area contributed by atoms with E-state index in [-0.39, 0.29) is 23.4 Å². The number of carboxylic acid groups (broad SMARTS) is 1. The van der Waals surface area contributed by atoms with Gasteiger partial charge in [-0.1, -0.05) is 0 Å². The van der Waals surface area contributed by atoms with Crippen molar-refractivity contribution in [3.63, 3.8) is 0 Å². The average molecular weight is 489 g/mol. The SMILES string of the molecule is C[C@@H]1CN(CC(=O)N2CCc3cc(Br)c(S(=O)(=O)N(C)C)cc32)CCN1C(=O)O. The number of piperazine rings is 1. The number of fused-ring (bicyclic) bond motifs is 1. The maximum absolute atomic E-state index is 13.0. The summed E-state index contributed by atoms with van der Waals surface area (Å²) in [6.07, 6.45) is -0.289. The first-order valence-electron chi connectivity index (χ1n) is 9.29. The van der Waals surface area contributed by atoms with Gasteiger partial charge >= 0.3 is 6.09 Å². The Bertz CT molecular complexity index is 936. The van der Waals surface area contributed by atoms with Gasteiger partial charge in [0.2, 0.25) is 15.9 Å². The third kappa shape index (κ3) is 4.27. The highest BCUT2D eigenvalue weighted by Gasteiger charge is 2.32. The molecule has 0 radical (unpaired) electrons. The molecule has 1 N–H and O–H groups in total. The van der Waals surface area contributed by atoms with E-state index in [1.165, 1.54) is 19.0 Å². The number of carbonyl (C=O) groups is 2. The van der Waals surface area contributed by atoms with Crippen molar-refractivity contribution in [3.05, 3.63) is 22.2 Å². The zero-order valence-corrected chi connectivity index (χ0v) is 19.0. The largest absolute Gasteiger partial charge is 0.465 e. The molecule has 160 valence electrons. The van der Waals surface area contributed by atoms with Crippen molar-refractivity contribution < 1.29 is 23.1 Å². The minimum absolute atomic E-state index is 0.116. The van der Waals surface area contributed by atoms with Crippen LogP contribution in [-0.4, -0.2) is 92.5 Å². The van der Waals surface area contributed by atoms with Crippen LogP contribution in [0.5, 0.6) is 0 Å². The average Bonchev–Trinajstić information content (AvgIpc) is 3.03. The van der Waals surface area contributed by atoms with Crippen LogP contribution in [0.3, 0.4) is 0 Å². The molecule has 29 heavy (non-hydrogen) atoms. The lowest BCUT2D eigenvalue weighted by molar-refractivity contribution is -0.120. The molecular weight excluding hydrogens is 464 g/mol. The Morgan fingerprint density at radius 3 is 2.52 bits per heavy atom. The van der Waals surface area contributed by atoms with Crippen molar-refractivity contribution >= 4 is 43.6 Å². The number of amides is 2. The smallest absolute Gasteiger partial charge is 0.407 e. The van der Waals surface area contributed by atoms with Gasteiger partial charge in [0.05, 0.1) is 11.4 Å². The number of halogens is 1. The van der Waals surface area contributed by atoms with Gasteiger partial charge in [0.15, 0.2) is 0 Å². The molecule has 2 amide bonds. The van der Waals surface area contributed by atoms with Crippen LogP contribution in [0.15, 0.2) is 21.5 Å². The molecule has 11 heteroatoms. The number of nitrogens with zero attached hydrogens (tertiary/aromatic N) is 4. The Morgan fingerprint density at radius 1 is 1.24 bits per heavy atom. The second kappa shape index (κ2) is 8.21. The first-order chi connectivity index (χ1) is 13.5. The lowest BCUT2D eigenvalue weighted by Crippen LogP contribution is -2.55. The van der Waals surface area contributed by atoms with Crippen LogP contribution in [0.1, 0.15) is 12.5 Å². The standard InChI is InChI=1S/C18H25BrN4O5S/c1-12-10-21(6-7-22(12)18(25)26)11-17(24)23-5-4-13-8-14(19)16(9-15(13)23)29(27,28)20(2)3/h8-9,12H,4-7,10-11H2,1-3H3,(H,25,26)/t12-/m1/s1. The second-order valence-corrected chi connectivity index (χ2v) is 10.5. The summed E-state index contributed by atoms with van der Waals surface area (Å²) in [6.45, 7) is 3.83. The zero-order valence-electron chi connectivity index (χ0n) is 16.6. The quantitative estimate of drug-likeness (QED) is 0.684. The van der Waals surface area contributed by atoms with Crippen LogP contribution in [0.4, 0.5) is 10.5 Å². The predicted molar refractivity (Wildman–Crippen MR) is 112 cm³/mol. The summed E-state index contributed by atoms with van der Waals surface area (Å²) in [7, 11) is -0.714. The third-order valence-electron chi connectivity index (χ3n) is 5.40. The Kier molecular flexibility index (Phi) is 6.23. The Hall–Kier alpha value is -1.69. The molecule has 1 aromatic carbocycles. The van der Waals surface area contributed by atoms with Crippen molar-refractivity contribution in [2.75, 3.05) is 51.7 Å². The second-order valence-electron chi connectivity index (χ2n) is 7.55. The number of carbonyl (C=O) groups excluding carboxylic acids is 1. The molecule has 0 aliphatic carbocycles. The molecule has 1 atom stereocenters. The maximum atomic E-state index is 13.0. The molecular formula is C18H25BrN4O5S. The Morgan fingerprint density at radius 2 is 1.93 bits per heavy atom. The molecule has 0 saturated carbocycles. The Labute approximate surface area is 179 Å². The molecule has 3 rings (SSSR count). The molecule has 0 unspecified atom stereocenters. The fraction of sp³-hybridized carbons (Fsp3) is 0.556. The van der Waals surface area contributed by atoms with Crippen LogP contribution in [0.2, 0.25) is 0 Å². The first-order valence-corrected chi connectivity index (χ1v) is 11.5. The minimum atomic E-state index is -3.65. The lowest BCUT2D eigenvalue weighted by atomic mass is 10.2. The molecule has 2 aliphatic heterocycles.